The SMILES string of the molecule is CCn1c(SCC(=O)N2CCN(C)CC2)nnc1-c1ccccc1. The van der Waals surface area contributed by atoms with E-state index in [9.17, 15) is 4.79 Å². The van der Waals surface area contributed by atoms with E-state index in [0.717, 1.165) is 49.3 Å². The van der Waals surface area contributed by atoms with Gasteiger partial charge in [-0.05, 0) is 14.0 Å². The van der Waals surface area contributed by atoms with E-state index >= 15 is 0 Å². The van der Waals surface area contributed by atoms with Crippen LogP contribution in [0.5, 0.6) is 0 Å². The molecule has 7 heteroatoms. The number of hydrogen-bond acceptors (Lipinski definition) is 5. The summed E-state index contributed by atoms with van der Waals surface area (Å²) in [6.07, 6.45) is 0. The molecule has 1 aliphatic rings. The van der Waals surface area contributed by atoms with E-state index in [2.05, 4.69) is 33.6 Å². The molecule has 0 radical (unpaired) electrons. The van der Waals surface area contributed by atoms with Crippen molar-refractivity contribution < 1.29 is 4.79 Å². The summed E-state index contributed by atoms with van der Waals surface area (Å²) in [7, 11) is 2.09. The van der Waals surface area contributed by atoms with Gasteiger partial charge < -0.3 is 14.4 Å². The van der Waals surface area contributed by atoms with Crippen molar-refractivity contribution in [2.75, 3.05) is 39.0 Å². The Morgan fingerprint density at radius 1 is 1.12 bits per heavy atom. The Bertz CT molecular complexity index is 680. The number of carbonyl (C=O) groups excluding carboxylic acids is 1. The minimum atomic E-state index is 0.181. The Balaban J connectivity index is 1.65. The first-order chi connectivity index (χ1) is 11.7. The van der Waals surface area contributed by atoms with Crippen molar-refractivity contribution in [2.24, 2.45) is 0 Å². The van der Waals surface area contributed by atoms with E-state index in [1.807, 2.05) is 35.2 Å². The smallest absolute Gasteiger partial charge is 0.233 e. The first-order valence-corrected chi connectivity index (χ1v) is 9.25. The number of thioether (sulfide) groups is 1. The molecule has 3 rings (SSSR count). The molecule has 2 heterocycles. The maximum atomic E-state index is 12.4. The quantitative estimate of drug-likeness (QED) is 0.774. The second kappa shape index (κ2) is 7.81. The van der Waals surface area contributed by atoms with Crippen LogP contribution in [0.15, 0.2) is 35.5 Å². The lowest BCUT2D eigenvalue weighted by Crippen LogP contribution is -2.47. The minimum absolute atomic E-state index is 0.181. The lowest BCUT2D eigenvalue weighted by Gasteiger charge is -2.32. The number of amides is 1. The molecule has 0 atom stereocenters. The van der Waals surface area contributed by atoms with Crippen LogP contribution in [0.4, 0.5) is 0 Å². The van der Waals surface area contributed by atoms with Crippen LogP contribution >= 0.6 is 11.8 Å². The maximum Gasteiger partial charge on any atom is 0.233 e. The van der Waals surface area contributed by atoms with E-state index in [-0.39, 0.29) is 5.91 Å². The summed E-state index contributed by atoms with van der Waals surface area (Å²) in [5, 5.41) is 9.41. The van der Waals surface area contributed by atoms with Crippen LogP contribution < -0.4 is 0 Å². The molecule has 0 unspecified atom stereocenters. The largest absolute Gasteiger partial charge is 0.339 e. The molecule has 1 aliphatic heterocycles. The number of aromatic nitrogens is 3. The molecule has 1 aromatic heterocycles. The minimum Gasteiger partial charge on any atom is -0.339 e. The van der Waals surface area contributed by atoms with Gasteiger partial charge in [-0.25, -0.2) is 0 Å². The number of likely N-dealkylation sites (N-methyl/N-ethyl adjacent to an activating group) is 1. The maximum absolute atomic E-state index is 12.4. The van der Waals surface area contributed by atoms with Crippen LogP contribution in [0.2, 0.25) is 0 Å². The van der Waals surface area contributed by atoms with Crippen molar-refractivity contribution in [2.45, 2.75) is 18.6 Å². The van der Waals surface area contributed by atoms with E-state index in [4.69, 9.17) is 0 Å². The average Bonchev–Trinajstić information content (AvgIpc) is 3.04. The predicted molar refractivity (Wildman–Crippen MR) is 95.9 cm³/mol. The Labute approximate surface area is 146 Å². The van der Waals surface area contributed by atoms with E-state index in [0.29, 0.717) is 5.75 Å². The fraction of sp³-hybridized carbons (Fsp3) is 0.471. The summed E-state index contributed by atoms with van der Waals surface area (Å²) in [6.45, 7) is 6.36. The van der Waals surface area contributed by atoms with Gasteiger partial charge in [0, 0.05) is 38.3 Å². The molecule has 2 aromatic rings. The van der Waals surface area contributed by atoms with Gasteiger partial charge in [-0.2, -0.15) is 0 Å². The van der Waals surface area contributed by atoms with Crippen LogP contribution in [-0.2, 0) is 11.3 Å². The molecular weight excluding hydrogens is 322 g/mol. The number of nitrogens with zero attached hydrogens (tertiary/aromatic N) is 5. The zero-order valence-corrected chi connectivity index (χ0v) is 15.0. The van der Waals surface area contributed by atoms with Crippen LogP contribution in [0.3, 0.4) is 0 Å². The summed E-state index contributed by atoms with van der Waals surface area (Å²) >= 11 is 1.47. The third-order valence-corrected chi connectivity index (χ3v) is 5.20. The highest BCUT2D eigenvalue weighted by atomic mass is 32.2. The second-order valence-corrected chi connectivity index (χ2v) is 6.83. The van der Waals surface area contributed by atoms with Crippen LogP contribution in [0.1, 0.15) is 6.92 Å². The summed E-state index contributed by atoms with van der Waals surface area (Å²) in [4.78, 5) is 16.6. The number of piperazine rings is 1. The Morgan fingerprint density at radius 3 is 2.50 bits per heavy atom. The van der Waals surface area contributed by atoms with Gasteiger partial charge in [-0.3, -0.25) is 4.79 Å². The third-order valence-electron chi connectivity index (χ3n) is 4.25. The third kappa shape index (κ3) is 3.79. The molecule has 1 saturated heterocycles. The van der Waals surface area contributed by atoms with E-state index < -0.39 is 0 Å². The topological polar surface area (TPSA) is 54.3 Å². The number of carbonyl (C=O) groups is 1. The van der Waals surface area contributed by atoms with Gasteiger partial charge in [0.05, 0.1) is 5.75 Å². The standard InChI is InChI=1S/C17H23N5OS/c1-3-22-16(14-7-5-4-6-8-14)18-19-17(22)24-13-15(23)21-11-9-20(2)10-12-21/h4-8H,3,9-13H2,1-2H3. The van der Waals surface area contributed by atoms with Crippen molar-refractivity contribution >= 4 is 17.7 Å². The molecule has 1 fully saturated rings. The van der Waals surface area contributed by atoms with Gasteiger partial charge >= 0.3 is 0 Å². The molecular formula is C17H23N5OS. The zero-order chi connectivity index (χ0) is 16.9. The summed E-state index contributed by atoms with van der Waals surface area (Å²) in [6, 6.07) is 10.0. The highest BCUT2D eigenvalue weighted by Crippen LogP contribution is 2.24. The predicted octanol–water partition coefficient (Wildman–Crippen LogP) is 1.83. The van der Waals surface area contributed by atoms with E-state index in [1.165, 1.54) is 11.8 Å². The number of hydrogen-bond donors (Lipinski definition) is 0. The molecule has 24 heavy (non-hydrogen) atoms. The second-order valence-electron chi connectivity index (χ2n) is 5.89. The molecule has 0 bridgehead atoms. The first-order valence-electron chi connectivity index (χ1n) is 8.26. The fourth-order valence-electron chi connectivity index (χ4n) is 2.75. The van der Waals surface area contributed by atoms with Gasteiger partial charge in [0.2, 0.25) is 5.91 Å². The van der Waals surface area contributed by atoms with Crippen LogP contribution in [0.25, 0.3) is 11.4 Å². The molecule has 0 aliphatic carbocycles. The number of rotatable bonds is 5. The molecule has 0 N–H and O–H groups in total. The van der Waals surface area contributed by atoms with E-state index in [1.54, 1.807) is 0 Å². The van der Waals surface area contributed by atoms with Crippen molar-refractivity contribution in [1.29, 1.82) is 0 Å². The molecule has 1 aromatic carbocycles. The molecule has 128 valence electrons. The van der Waals surface area contributed by atoms with Crippen molar-refractivity contribution in [3.05, 3.63) is 30.3 Å². The van der Waals surface area contributed by atoms with Crippen molar-refractivity contribution in [1.82, 2.24) is 24.6 Å². The molecule has 0 saturated carbocycles. The zero-order valence-electron chi connectivity index (χ0n) is 14.2. The average molecular weight is 345 g/mol. The Hall–Kier alpha value is -1.86. The normalized spacial score (nSPS) is 15.7. The van der Waals surface area contributed by atoms with Gasteiger partial charge in [-0.1, -0.05) is 42.1 Å². The van der Waals surface area contributed by atoms with Gasteiger partial charge in [0.25, 0.3) is 0 Å². The van der Waals surface area contributed by atoms with Gasteiger partial charge in [-0.15, -0.1) is 10.2 Å². The molecule has 1 amide bonds. The summed E-state index contributed by atoms with van der Waals surface area (Å²) in [5.74, 6) is 1.45. The van der Waals surface area contributed by atoms with Gasteiger partial charge in [0.1, 0.15) is 0 Å². The lowest BCUT2D eigenvalue weighted by atomic mass is 10.2. The number of benzene rings is 1. The Morgan fingerprint density at radius 2 is 1.83 bits per heavy atom. The summed E-state index contributed by atoms with van der Waals surface area (Å²) < 4.78 is 2.07. The first kappa shape index (κ1) is 17.0. The fourth-order valence-corrected chi connectivity index (χ4v) is 3.66. The summed E-state index contributed by atoms with van der Waals surface area (Å²) in [5.41, 5.74) is 1.05. The highest BCUT2D eigenvalue weighted by Gasteiger charge is 2.20. The van der Waals surface area contributed by atoms with Crippen LogP contribution in [-0.4, -0.2) is 69.5 Å². The van der Waals surface area contributed by atoms with Crippen molar-refractivity contribution in [3.63, 3.8) is 0 Å². The van der Waals surface area contributed by atoms with Crippen LogP contribution in [0, 0.1) is 0 Å². The van der Waals surface area contributed by atoms with Crippen molar-refractivity contribution in [3.8, 4) is 11.4 Å². The van der Waals surface area contributed by atoms with Gasteiger partial charge in [0.15, 0.2) is 11.0 Å². The lowest BCUT2D eigenvalue weighted by molar-refractivity contribution is -0.129. The monoisotopic (exact) mass is 345 g/mol. The Kier molecular flexibility index (Phi) is 5.52. The molecule has 6 nitrogen and oxygen atoms in total. The molecule has 0 spiro atoms. The highest BCUT2D eigenvalue weighted by molar-refractivity contribution is 7.99.